The largest absolute Gasteiger partial charge is 0.490 e. The number of aromatic nitrogens is 2. The van der Waals surface area contributed by atoms with E-state index in [0.29, 0.717) is 16.8 Å². The van der Waals surface area contributed by atoms with E-state index in [1.54, 1.807) is 30.3 Å². The van der Waals surface area contributed by atoms with Crippen LogP contribution >= 0.6 is 0 Å². The number of aliphatic hydroxyl groups is 1. The van der Waals surface area contributed by atoms with Gasteiger partial charge >= 0.3 is 6.18 Å². The number of halogens is 3. The van der Waals surface area contributed by atoms with Crippen LogP contribution in [0.25, 0.3) is 5.52 Å². The highest BCUT2D eigenvalue weighted by atomic mass is 19.4. The van der Waals surface area contributed by atoms with Crippen molar-refractivity contribution in [2.45, 2.75) is 76.3 Å². The van der Waals surface area contributed by atoms with E-state index in [1.807, 2.05) is 0 Å². The van der Waals surface area contributed by atoms with E-state index in [1.165, 1.54) is 30.6 Å². The third kappa shape index (κ3) is 6.42. The van der Waals surface area contributed by atoms with E-state index in [0.717, 1.165) is 25.7 Å². The molecule has 12 heteroatoms. The number of nitrogens with two attached hydrogens (primary N) is 1. The first-order valence-corrected chi connectivity index (χ1v) is 13.5. The highest BCUT2D eigenvalue weighted by molar-refractivity contribution is 6.01. The van der Waals surface area contributed by atoms with Crippen LogP contribution in [0.1, 0.15) is 72.4 Å². The summed E-state index contributed by atoms with van der Waals surface area (Å²) in [5, 5.41) is 17.2. The van der Waals surface area contributed by atoms with Crippen LogP contribution in [0.2, 0.25) is 0 Å². The number of carbonyl (C=O) groups excluding carboxylic acids is 2. The van der Waals surface area contributed by atoms with Gasteiger partial charge in [0.1, 0.15) is 18.1 Å². The van der Waals surface area contributed by atoms with Crippen LogP contribution in [-0.4, -0.2) is 57.1 Å². The van der Waals surface area contributed by atoms with E-state index in [9.17, 15) is 27.9 Å². The molecule has 0 atom stereocenters. The van der Waals surface area contributed by atoms with Gasteiger partial charge in [-0.1, -0.05) is 12.1 Å². The van der Waals surface area contributed by atoms with Crippen LogP contribution in [0.5, 0.6) is 11.5 Å². The normalized spacial score (nSPS) is 22.2. The van der Waals surface area contributed by atoms with Crippen LogP contribution in [-0.2, 0) is 6.42 Å². The summed E-state index contributed by atoms with van der Waals surface area (Å²) >= 11 is 0. The van der Waals surface area contributed by atoms with Crippen molar-refractivity contribution in [3.63, 3.8) is 0 Å². The van der Waals surface area contributed by atoms with Gasteiger partial charge in [-0.15, -0.1) is 0 Å². The molecule has 1 spiro atoms. The van der Waals surface area contributed by atoms with Gasteiger partial charge in [-0.25, -0.2) is 4.52 Å². The fourth-order valence-corrected chi connectivity index (χ4v) is 5.76. The minimum absolute atomic E-state index is 0.0327. The van der Waals surface area contributed by atoms with Crippen molar-refractivity contribution in [1.29, 1.82) is 0 Å². The average molecular weight is 575 g/mol. The number of alkyl halides is 3. The first kappa shape index (κ1) is 28.7. The highest BCUT2D eigenvalue weighted by Crippen LogP contribution is 2.57. The topological polar surface area (TPSA) is 128 Å². The van der Waals surface area contributed by atoms with E-state index < -0.39 is 30.5 Å². The molecular weight excluding hydrogens is 541 g/mol. The third-order valence-corrected chi connectivity index (χ3v) is 7.67. The molecule has 9 nitrogen and oxygen atoms in total. The number of primary amides is 1. The van der Waals surface area contributed by atoms with Crippen LogP contribution in [0, 0.1) is 5.41 Å². The Morgan fingerprint density at radius 1 is 1.10 bits per heavy atom. The molecule has 2 aromatic heterocycles. The molecule has 0 bridgehead atoms. The maximum atomic E-state index is 13.1. The van der Waals surface area contributed by atoms with Crippen LogP contribution in [0.4, 0.5) is 13.2 Å². The molecule has 0 saturated heterocycles. The quantitative estimate of drug-likeness (QED) is 0.333. The predicted molar refractivity (Wildman–Crippen MR) is 143 cm³/mol. The second kappa shape index (κ2) is 10.6. The Bertz CT molecular complexity index is 1450. The number of amides is 2. The van der Waals surface area contributed by atoms with Crippen LogP contribution in [0.3, 0.4) is 0 Å². The minimum Gasteiger partial charge on any atom is -0.490 e. The zero-order valence-electron chi connectivity index (χ0n) is 22.8. The molecule has 0 radical (unpaired) electrons. The fourth-order valence-electron chi connectivity index (χ4n) is 5.76. The smallest absolute Gasteiger partial charge is 0.389 e. The van der Waals surface area contributed by atoms with Gasteiger partial charge in [0.25, 0.3) is 11.8 Å². The molecule has 4 N–H and O–H groups in total. The lowest BCUT2D eigenvalue weighted by molar-refractivity contribution is -0.134. The third-order valence-electron chi connectivity index (χ3n) is 7.67. The molecule has 2 amide bonds. The summed E-state index contributed by atoms with van der Waals surface area (Å²) in [7, 11) is 0. The molecule has 1 aromatic carbocycles. The molecule has 2 saturated carbocycles. The first-order chi connectivity index (χ1) is 19.2. The lowest BCUT2D eigenvalue weighted by atomic mass is 9.53. The molecule has 3 aromatic rings. The van der Waals surface area contributed by atoms with Crippen molar-refractivity contribution in [3.05, 3.63) is 59.4 Å². The Morgan fingerprint density at radius 3 is 2.46 bits per heavy atom. The standard InChI is InChI=1S/C29H33F3N4O5/c1-27(2,39)16-40-24-8-7-21-20(15-34-36(21)22(24)9-10-29(30,31)32)26(38)35-17-11-28(12-17)13-18(14-28)41-23-6-4-3-5-19(23)25(33)37/h3-8,15,17-18,39H,9-14,16H2,1-2H3,(H2,33,37)(H,35,38). The number of carbonyl (C=O) groups is 2. The lowest BCUT2D eigenvalue weighted by Crippen LogP contribution is -2.58. The van der Waals surface area contributed by atoms with Gasteiger partial charge in [0, 0.05) is 18.9 Å². The summed E-state index contributed by atoms with van der Waals surface area (Å²) < 4.78 is 52.1. The second-order valence-corrected chi connectivity index (χ2v) is 11.8. The zero-order valence-corrected chi connectivity index (χ0v) is 22.8. The van der Waals surface area contributed by atoms with Crippen molar-refractivity contribution in [2.75, 3.05) is 6.61 Å². The average Bonchev–Trinajstić information content (AvgIpc) is 3.27. The Labute approximate surface area is 234 Å². The molecular formula is C29H33F3N4O5. The number of rotatable bonds is 10. The van der Waals surface area contributed by atoms with Gasteiger partial charge in [0.15, 0.2) is 0 Å². The van der Waals surface area contributed by atoms with Crippen LogP contribution in [0.15, 0.2) is 42.6 Å². The number of nitrogens with zero attached hydrogens (tertiary/aromatic N) is 2. The number of pyridine rings is 1. The molecule has 5 rings (SSSR count). The SMILES string of the molecule is CC(C)(O)COc1ccc2c(C(=O)NC3CC4(C3)CC(Oc3ccccc3C(N)=O)C4)cnn2c1CCC(F)(F)F. The van der Waals surface area contributed by atoms with Gasteiger partial charge in [0.05, 0.1) is 40.2 Å². The number of nitrogens with one attached hydrogen (secondary N) is 1. The molecule has 41 heavy (non-hydrogen) atoms. The lowest BCUT2D eigenvalue weighted by Gasteiger charge is -2.57. The van der Waals surface area contributed by atoms with Gasteiger partial charge < -0.3 is 25.6 Å². The summed E-state index contributed by atoms with van der Waals surface area (Å²) in [6.45, 7) is 2.93. The number of hydrogen-bond donors (Lipinski definition) is 3. The van der Waals surface area contributed by atoms with Gasteiger partial charge in [-0.05, 0) is 69.2 Å². The van der Waals surface area contributed by atoms with Gasteiger partial charge in [-0.3, -0.25) is 9.59 Å². The summed E-state index contributed by atoms with van der Waals surface area (Å²) in [6.07, 6.45) is -1.40. The van der Waals surface area contributed by atoms with Crippen LogP contribution < -0.4 is 20.5 Å². The second-order valence-electron chi connectivity index (χ2n) is 11.8. The fraction of sp³-hybridized carbons (Fsp3) is 0.483. The number of aryl methyl sites for hydroxylation is 1. The number of fused-ring (bicyclic) bond motifs is 1. The summed E-state index contributed by atoms with van der Waals surface area (Å²) in [6, 6.07) is 9.91. The summed E-state index contributed by atoms with van der Waals surface area (Å²) in [5.41, 5.74) is 5.46. The Hall–Kier alpha value is -3.80. The molecule has 0 unspecified atom stereocenters. The van der Waals surface area contributed by atoms with Gasteiger partial charge in [0.2, 0.25) is 0 Å². The van der Waals surface area contributed by atoms with Gasteiger partial charge in [-0.2, -0.15) is 18.3 Å². The molecule has 2 aliphatic carbocycles. The maximum Gasteiger partial charge on any atom is 0.389 e. The molecule has 220 valence electrons. The zero-order chi connectivity index (χ0) is 29.6. The number of hydrogen-bond acceptors (Lipinski definition) is 6. The van der Waals surface area contributed by atoms with E-state index in [4.69, 9.17) is 15.2 Å². The first-order valence-electron chi connectivity index (χ1n) is 13.5. The molecule has 2 aliphatic rings. The minimum atomic E-state index is -4.39. The van der Waals surface area contributed by atoms with Crippen molar-refractivity contribution >= 4 is 17.3 Å². The van der Waals surface area contributed by atoms with Crippen molar-refractivity contribution < 1.29 is 37.3 Å². The molecule has 0 aliphatic heterocycles. The Kier molecular flexibility index (Phi) is 7.39. The number of para-hydroxylation sites is 1. The van der Waals surface area contributed by atoms with Crippen molar-refractivity contribution in [3.8, 4) is 11.5 Å². The number of ether oxygens (including phenoxy) is 2. The number of benzene rings is 1. The monoisotopic (exact) mass is 574 g/mol. The molecule has 2 fully saturated rings. The summed E-state index contributed by atoms with van der Waals surface area (Å²) in [4.78, 5) is 24.8. The summed E-state index contributed by atoms with van der Waals surface area (Å²) in [5.74, 6) is -0.256. The van der Waals surface area contributed by atoms with Crippen molar-refractivity contribution in [2.24, 2.45) is 11.1 Å². The maximum absolute atomic E-state index is 13.1. The van der Waals surface area contributed by atoms with Crippen molar-refractivity contribution in [1.82, 2.24) is 14.9 Å². The molecule has 2 heterocycles. The Balaban J connectivity index is 1.21. The van der Waals surface area contributed by atoms with E-state index in [-0.39, 0.29) is 47.1 Å². The van der Waals surface area contributed by atoms with E-state index >= 15 is 0 Å². The predicted octanol–water partition coefficient (Wildman–Crippen LogP) is 4.20. The highest BCUT2D eigenvalue weighted by Gasteiger charge is 2.54. The Morgan fingerprint density at radius 2 is 1.80 bits per heavy atom. The van der Waals surface area contributed by atoms with E-state index in [2.05, 4.69) is 10.4 Å².